The molecule has 0 saturated carbocycles. The van der Waals surface area contributed by atoms with E-state index < -0.39 is 0 Å². The number of benzene rings is 1. The highest BCUT2D eigenvalue weighted by Crippen LogP contribution is 2.14. The van der Waals surface area contributed by atoms with Crippen molar-refractivity contribution in [1.82, 2.24) is 9.97 Å². The van der Waals surface area contributed by atoms with Crippen LogP contribution in [0.1, 0.15) is 11.3 Å². The van der Waals surface area contributed by atoms with Crippen molar-refractivity contribution in [3.8, 4) is 5.75 Å². The number of ether oxygens (including phenoxy) is 1. The molecule has 0 atom stereocenters. The first kappa shape index (κ1) is 10.4. The van der Waals surface area contributed by atoms with Crippen molar-refractivity contribution in [2.75, 3.05) is 7.11 Å². The fourth-order valence-corrected chi connectivity index (χ4v) is 1.51. The minimum Gasteiger partial charge on any atom is -0.497 e. The topological polar surface area (TPSA) is 55.0 Å². The highest BCUT2D eigenvalue weighted by Gasteiger charge is 1.99. The third-order valence-electron chi connectivity index (χ3n) is 2.23. The summed E-state index contributed by atoms with van der Waals surface area (Å²) in [5.41, 5.74) is 1.68. The number of hydrogen-bond donors (Lipinski definition) is 1. The van der Waals surface area contributed by atoms with E-state index in [2.05, 4.69) is 9.97 Å². The van der Waals surface area contributed by atoms with Gasteiger partial charge in [-0.3, -0.25) is 9.78 Å². The zero-order chi connectivity index (χ0) is 11.4. The summed E-state index contributed by atoms with van der Waals surface area (Å²) in [5, 5.41) is 0. The maximum absolute atomic E-state index is 11.1. The van der Waals surface area contributed by atoms with E-state index in [-0.39, 0.29) is 5.56 Å². The Balaban J connectivity index is 2.23. The van der Waals surface area contributed by atoms with Gasteiger partial charge in [0.15, 0.2) is 0 Å². The SMILES string of the molecule is COc1cccc(Cc2cncc(=O)[nH]2)c1. The van der Waals surface area contributed by atoms with Crippen LogP contribution < -0.4 is 10.3 Å². The molecule has 16 heavy (non-hydrogen) atoms. The quantitative estimate of drug-likeness (QED) is 0.843. The maximum Gasteiger partial charge on any atom is 0.266 e. The van der Waals surface area contributed by atoms with Gasteiger partial charge in [0.1, 0.15) is 5.75 Å². The van der Waals surface area contributed by atoms with E-state index in [9.17, 15) is 4.79 Å². The number of aromatic amines is 1. The lowest BCUT2D eigenvalue weighted by Crippen LogP contribution is -2.08. The fraction of sp³-hybridized carbons (Fsp3) is 0.167. The van der Waals surface area contributed by atoms with Gasteiger partial charge >= 0.3 is 0 Å². The summed E-state index contributed by atoms with van der Waals surface area (Å²) in [6.07, 6.45) is 3.55. The van der Waals surface area contributed by atoms with Crippen LogP contribution in [0.3, 0.4) is 0 Å². The number of aromatic nitrogens is 2. The molecule has 0 radical (unpaired) electrons. The molecule has 0 bridgehead atoms. The van der Waals surface area contributed by atoms with Crippen LogP contribution >= 0.6 is 0 Å². The van der Waals surface area contributed by atoms with Crippen molar-refractivity contribution in [3.05, 3.63) is 58.3 Å². The van der Waals surface area contributed by atoms with Gasteiger partial charge in [0.05, 0.1) is 13.3 Å². The summed E-state index contributed by atoms with van der Waals surface area (Å²) in [5.74, 6) is 0.809. The first-order valence-corrected chi connectivity index (χ1v) is 4.94. The molecule has 1 N–H and O–H groups in total. The Bertz CT molecular complexity index is 534. The Morgan fingerprint density at radius 2 is 2.25 bits per heavy atom. The van der Waals surface area contributed by atoms with Gasteiger partial charge in [-0.15, -0.1) is 0 Å². The molecule has 1 aromatic heterocycles. The van der Waals surface area contributed by atoms with Crippen molar-refractivity contribution >= 4 is 0 Å². The second kappa shape index (κ2) is 4.61. The van der Waals surface area contributed by atoms with Gasteiger partial charge in [0, 0.05) is 18.3 Å². The van der Waals surface area contributed by atoms with Gasteiger partial charge < -0.3 is 9.72 Å². The van der Waals surface area contributed by atoms with Crippen LogP contribution in [-0.4, -0.2) is 17.1 Å². The lowest BCUT2D eigenvalue weighted by molar-refractivity contribution is 0.414. The lowest BCUT2D eigenvalue weighted by Gasteiger charge is -2.03. The zero-order valence-electron chi connectivity index (χ0n) is 8.93. The molecule has 4 nitrogen and oxygen atoms in total. The van der Waals surface area contributed by atoms with Crippen molar-refractivity contribution in [2.24, 2.45) is 0 Å². The van der Waals surface area contributed by atoms with Crippen molar-refractivity contribution in [1.29, 1.82) is 0 Å². The smallest absolute Gasteiger partial charge is 0.266 e. The van der Waals surface area contributed by atoms with Crippen LogP contribution in [-0.2, 0) is 6.42 Å². The molecule has 1 aromatic carbocycles. The number of H-pyrrole nitrogens is 1. The Morgan fingerprint density at radius 1 is 1.38 bits per heavy atom. The molecule has 0 aliphatic rings. The molecule has 0 aliphatic heterocycles. The molecule has 4 heteroatoms. The highest BCUT2D eigenvalue weighted by atomic mass is 16.5. The normalized spacial score (nSPS) is 10.1. The van der Waals surface area contributed by atoms with Crippen LogP contribution in [0.5, 0.6) is 5.75 Å². The molecule has 0 unspecified atom stereocenters. The Morgan fingerprint density at radius 3 is 3.00 bits per heavy atom. The average Bonchev–Trinajstić information content (AvgIpc) is 2.29. The zero-order valence-corrected chi connectivity index (χ0v) is 8.93. The summed E-state index contributed by atoms with van der Waals surface area (Å²) in [7, 11) is 1.63. The molecule has 82 valence electrons. The van der Waals surface area contributed by atoms with Crippen LogP contribution in [0.15, 0.2) is 41.5 Å². The van der Waals surface area contributed by atoms with E-state index in [1.54, 1.807) is 13.3 Å². The van der Waals surface area contributed by atoms with Gasteiger partial charge in [0.2, 0.25) is 0 Å². The van der Waals surface area contributed by atoms with Gasteiger partial charge in [-0.2, -0.15) is 0 Å². The molecular formula is C12H12N2O2. The highest BCUT2D eigenvalue weighted by molar-refractivity contribution is 5.30. The molecule has 0 fully saturated rings. The van der Waals surface area contributed by atoms with Crippen LogP contribution in [0.25, 0.3) is 0 Å². The number of nitrogens with one attached hydrogen (secondary N) is 1. The maximum atomic E-state index is 11.1. The Kier molecular flexibility index (Phi) is 3.00. The molecule has 2 aromatic rings. The third-order valence-corrected chi connectivity index (χ3v) is 2.23. The Hall–Kier alpha value is -2.10. The van der Waals surface area contributed by atoms with E-state index in [0.717, 1.165) is 17.0 Å². The van der Waals surface area contributed by atoms with Crippen LogP contribution in [0.4, 0.5) is 0 Å². The molecule has 1 heterocycles. The number of methoxy groups -OCH3 is 1. The number of nitrogens with zero attached hydrogens (tertiary/aromatic N) is 1. The molecular weight excluding hydrogens is 204 g/mol. The van der Waals surface area contributed by atoms with Gasteiger partial charge in [0.25, 0.3) is 5.56 Å². The standard InChI is InChI=1S/C12H12N2O2/c1-16-11-4-2-3-9(6-11)5-10-7-13-8-12(15)14-10/h2-4,6-8H,5H2,1H3,(H,14,15). The lowest BCUT2D eigenvalue weighted by atomic mass is 10.1. The van der Waals surface area contributed by atoms with Crippen molar-refractivity contribution in [3.63, 3.8) is 0 Å². The van der Waals surface area contributed by atoms with E-state index in [1.807, 2.05) is 24.3 Å². The molecule has 2 rings (SSSR count). The summed E-state index contributed by atoms with van der Waals surface area (Å²) < 4.78 is 5.13. The molecule has 0 saturated heterocycles. The van der Waals surface area contributed by atoms with E-state index in [4.69, 9.17) is 4.74 Å². The average molecular weight is 216 g/mol. The Labute approximate surface area is 92.9 Å². The van der Waals surface area contributed by atoms with Gasteiger partial charge in [-0.25, -0.2) is 0 Å². The van der Waals surface area contributed by atoms with E-state index in [0.29, 0.717) is 6.42 Å². The first-order valence-electron chi connectivity index (χ1n) is 4.94. The summed E-state index contributed by atoms with van der Waals surface area (Å²) in [4.78, 5) is 17.6. The molecule has 0 spiro atoms. The molecule has 0 amide bonds. The largest absolute Gasteiger partial charge is 0.497 e. The predicted octanol–water partition coefficient (Wildman–Crippen LogP) is 1.37. The summed E-state index contributed by atoms with van der Waals surface area (Å²) >= 11 is 0. The van der Waals surface area contributed by atoms with E-state index in [1.165, 1.54) is 6.20 Å². The van der Waals surface area contributed by atoms with Gasteiger partial charge in [-0.05, 0) is 17.7 Å². The van der Waals surface area contributed by atoms with Crippen molar-refractivity contribution < 1.29 is 4.74 Å². The first-order chi connectivity index (χ1) is 7.78. The van der Waals surface area contributed by atoms with Crippen molar-refractivity contribution in [2.45, 2.75) is 6.42 Å². The summed E-state index contributed by atoms with van der Waals surface area (Å²) in [6.45, 7) is 0. The fourth-order valence-electron chi connectivity index (χ4n) is 1.51. The minimum atomic E-state index is -0.180. The monoisotopic (exact) mass is 216 g/mol. The number of rotatable bonds is 3. The minimum absolute atomic E-state index is 0.180. The van der Waals surface area contributed by atoms with Gasteiger partial charge in [-0.1, -0.05) is 12.1 Å². The second-order valence-corrected chi connectivity index (χ2v) is 3.45. The van der Waals surface area contributed by atoms with E-state index >= 15 is 0 Å². The predicted molar refractivity (Wildman–Crippen MR) is 60.7 cm³/mol. The second-order valence-electron chi connectivity index (χ2n) is 3.45. The van der Waals surface area contributed by atoms with Crippen LogP contribution in [0, 0.1) is 0 Å². The third kappa shape index (κ3) is 2.48. The molecule has 0 aliphatic carbocycles. The number of hydrogen-bond acceptors (Lipinski definition) is 3. The summed E-state index contributed by atoms with van der Waals surface area (Å²) in [6, 6.07) is 7.72. The van der Waals surface area contributed by atoms with Crippen LogP contribution in [0.2, 0.25) is 0 Å².